The van der Waals surface area contributed by atoms with Crippen molar-refractivity contribution in [2.75, 3.05) is 6.61 Å². The highest BCUT2D eigenvalue weighted by Crippen LogP contribution is 2.66. The quantitative estimate of drug-likeness (QED) is 0.399. The minimum atomic E-state index is -0.464. The second-order valence-corrected chi connectivity index (χ2v) is 12.1. The fourth-order valence-corrected chi connectivity index (χ4v) is 7.14. The molecule has 0 amide bonds. The van der Waals surface area contributed by atoms with Gasteiger partial charge in [0.2, 0.25) is 0 Å². The van der Waals surface area contributed by atoms with Crippen LogP contribution >= 0.6 is 11.8 Å². The third-order valence-electron chi connectivity index (χ3n) is 7.05. The highest BCUT2D eigenvalue weighted by Gasteiger charge is 2.58. The molecule has 1 aromatic rings. The topological polar surface area (TPSA) is 35.5 Å². The van der Waals surface area contributed by atoms with Gasteiger partial charge in [-0.25, -0.2) is 0 Å². The maximum Gasteiger partial charge on any atom is 0.307 e. The van der Waals surface area contributed by atoms with Crippen molar-refractivity contribution in [1.29, 1.82) is 0 Å². The molecule has 0 radical (unpaired) electrons. The Bertz CT molecular complexity index is 893. The van der Waals surface area contributed by atoms with Gasteiger partial charge in [-0.3, -0.25) is 4.79 Å². The third kappa shape index (κ3) is 4.81. The second-order valence-electron chi connectivity index (χ2n) is 11.0. The largest absolute Gasteiger partial charge is 0.498 e. The Morgan fingerprint density at radius 3 is 2.59 bits per heavy atom. The summed E-state index contributed by atoms with van der Waals surface area (Å²) in [5, 5.41) is 0. The summed E-state index contributed by atoms with van der Waals surface area (Å²) < 4.78 is 12.3. The summed E-state index contributed by atoms with van der Waals surface area (Å²) in [5.74, 6) is 2.48. The molecule has 0 bridgehead atoms. The van der Waals surface area contributed by atoms with Crippen LogP contribution in [0.4, 0.5) is 0 Å². The summed E-state index contributed by atoms with van der Waals surface area (Å²) in [7, 11) is 0. The van der Waals surface area contributed by atoms with Gasteiger partial charge in [-0.15, -0.1) is 0 Å². The fraction of sp³-hybridized carbons (Fsp3) is 0.607. The first-order chi connectivity index (χ1) is 15.2. The van der Waals surface area contributed by atoms with Gasteiger partial charge in [0, 0.05) is 22.6 Å². The standard InChI is InChI=1S/C28H38O3S/c1-19(2)18-30-24-15-12-20-11-13-23-25(32-21-9-7-6-8-10-21)16-14-22(24)28(20,23)17-26(29)31-27(3,4)5/h6-10,16,19-20,23H,11-15,17-18H2,1-5H3/t20-,23+,28-/m0/s1. The zero-order valence-corrected chi connectivity index (χ0v) is 21.1. The number of carbonyl (C=O) groups excluding carboxylic acids is 1. The van der Waals surface area contributed by atoms with Crippen molar-refractivity contribution in [3.05, 3.63) is 52.6 Å². The van der Waals surface area contributed by atoms with Gasteiger partial charge in [0.1, 0.15) is 5.60 Å². The minimum absolute atomic E-state index is 0.0667. The van der Waals surface area contributed by atoms with Gasteiger partial charge in [-0.05, 0) is 80.9 Å². The van der Waals surface area contributed by atoms with E-state index in [2.05, 4.69) is 50.3 Å². The van der Waals surface area contributed by atoms with Gasteiger partial charge < -0.3 is 9.47 Å². The van der Waals surface area contributed by atoms with Crippen LogP contribution in [0.3, 0.4) is 0 Å². The Hall–Kier alpha value is -1.68. The molecule has 3 aliphatic carbocycles. The first kappa shape index (κ1) is 23.5. The van der Waals surface area contributed by atoms with Crippen LogP contribution in [0.25, 0.3) is 0 Å². The van der Waals surface area contributed by atoms with Crippen molar-refractivity contribution in [1.82, 2.24) is 0 Å². The summed E-state index contributed by atoms with van der Waals surface area (Å²) in [5.41, 5.74) is 0.771. The van der Waals surface area contributed by atoms with Crippen LogP contribution in [0.2, 0.25) is 0 Å². The molecule has 4 heteroatoms. The van der Waals surface area contributed by atoms with Gasteiger partial charge in [0.05, 0.1) is 18.8 Å². The minimum Gasteiger partial charge on any atom is -0.498 e. The molecule has 0 spiro atoms. The number of carbonyl (C=O) groups is 1. The molecule has 1 saturated carbocycles. The Balaban J connectivity index is 1.72. The van der Waals surface area contributed by atoms with Crippen molar-refractivity contribution in [3.8, 4) is 0 Å². The molecule has 3 aliphatic rings. The Kier molecular flexibility index (Phi) is 6.81. The van der Waals surface area contributed by atoms with Crippen molar-refractivity contribution < 1.29 is 14.3 Å². The number of hydrogen-bond acceptors (Lipinski definition) is 4. The number of thioether (sulfide) groups is 1. The number of benzene rings is 1. The van der Waals surface area contributed by atoms with Crippen LogP contribution in [0.5, 0.6) is 0 Å². The van der Waals surface area contributed by atoms with Gasteiger partial charge in [-0.2, -0.15) is 0 Å². The molecule has 0 aliphatic heterocycles. The highest BCUT2D eigenvalue weighted by atomic mass is 32.2. The van der Waals surface area contributed by atoms with Gasteiger partial charge >= 0.3 is 5.97 Å². The van der Waals surface area contributed by atoms with E-state index in [1.54, 1.807) is 0 Å². The van der Waals surface area contributed by atoms with E-state index in [1.165, 1.54) is 21.8 Å². The lowest BCUT2D eigenvalue weighted by molar-refractivity contribution is -0.158. The molecular formula is C28H38O3S. The average molecular weight is 455 g/mol. The van der Waals surface area contributed by atoms with E-state index in [0.717, 1.165) is 38.0 Å². The third-order valence-corrected chi connectivity index (χ3v) is 8.24. The van der Waals surface area contributed by atoms with Gasteiger partial charge in [0.15, 0.2) is 0 Å². The molecule has 1 aromatic carbocycles. The number of esters is 1. The average Bonchev–Trinajstić information content (AvgIpc) is 3.07. The molecule has 0 N–H and O–H groups in total. The van der Waals surface area contributed by atoms with Crippen molar-refractivity contribution >= 4 is 17.7 Å². The van der Waals surface area contributed by atoms with Gasteiger partial charge in [-0.1, -0.05) is 49.9 Å². The van der Waals surface area contributed by atoms with E-state index in [-0.39, 0.29) is 11.4 Å². The predicted molar refractivity (Wildman–Crippen MR) is 131 cm³/mol. The van der Waals surface area contributed by atoms with E-state index in [9.17, 15) is 4.79 Å². The Morgan fingerprint density at radius 2 is 1.91 bits per heavy atom. The molecule has 0 heterocycles. The maximum absolute atomic E-state index is 13.2. The first-order valence-electron chi connectivity index (χ1n) is 12.2. The molecular weight excluding hydrogens is 416 g/mol. The lowest BCUT2D eigenvalue weighted by Crippen LogP contribution is -2.43. The zero-order valence-electron chi connectivity index (χ0n) is 20.3. The number of rotatable bonds is 7. The predicted octanol–water partition coefficient (Wildman–Crippen LogP) is 7.53. The smallest absolute Gasteiger partial charge is 0.307 e. The van der Waals surface area contributed by atoms with Crippen molar-refractivity contribution in [3.63, 3.8) is 0 Å². The molecule has 0 saturated heterocycles. The first-order valence-corrected chi connectivity index (χ1v) is 13.0. The SMILES string of the molecule is CC(C)COC1=C2CC=C(Sc3ccccc3)[C@H]3CC[C@@H](CC1)[C@@]23CC(=O)OC(C)(C)C. The van der Waals surface area contributed by atoms with Crippen LogP contribution < -0.4 is 0 Å². The fourth-order valence-electron chi connectivity index (χ4n) is 5.94. The van der Waals surface area contributed by atoms with Crippen LogP contribution in [-0.2, 0) is 14.3 Å². The van der Waals surface area contributed by atoms with Crippen molar-refractivity contribution in [2.45, 2.75) is 83.6 Å². The second kappa shape index (κ2) is 9.29. The monoisotopic (exact) mass is 454 g/mol. The van der Waals surface area contributed by atoms with Crippen LogP contribution in [0, 0.1) is 23.2 Å². The normalized spacial score (nSPS) is 27.2. The van der Waals surface area contributed by atoms with E-state index in [1.807, 2.05) is 32.5 Å². The maximum atomic E-state index is 13.2. The number of ether oxygens (including phenoxy) is 2. The van der Waals surface area contributed by atoms with Crippen LogP contribution in [0.1, 0.15) is 73.1 Å². The summed E-state index contributed by atoms with van der Waals surface area (Å²) in [6.45, 7) is 11.0. The summed E-state index contributed by atoms with van der Waals surface area (Å²) in [6.07, 6.45) is 8.21. The Morgan fingerprint density at radius 1 is 1.16 bits per heavy atom. The van der Waals surface area contributed by atoms with E-state index >= 15 is 0 Å². The molecule has 0 unspecified atom stereocenters. The lowest BCUT2D eigenvalue weighted by atomic mass is 9.58. The van der Waals surface area contributed by atoms with Gasteiger partial charge in [0.25, 0.3) is 0 Å². The van der Waals surface area contributed by atoms with E-state index in [4.69, 9.17) is 9.47 Å². The molecule has 174 valence electrons. The molecule has 1 fully saturated rings. The molecule has 3 atom stereocenters. The Labute approximate surface area is 198 Å². The summed E-state index contributed by atoms with van der Waals surface area (Å²) in [4.78, 5) is 15.9. The van der Waals surface area contributed by atoms with Crippen LogP contribution in [-0.4, -0.2) is 18.2 Å². The lowest BCUT2D eigenvalue weighted by Gasteiger charge is -2.48. The molecule has 4 rings (SSSR count). The number of allylic oxidation sites excluding steroid dienone is 4. The molecule has 0 aromatic heterocycles. The van der Waals surface area contributed by atoms with Crippen molar-refractivity contribution in [2.24, 2.45) is 23.2 Å². The molecule has 32 heavy (non-hydrogen) atoms. The van der Waals surface area contributed by atoms with E-state index < -0.39 is 5.60 Å². The molecule has 3 nitrogen and oxygen atoms in total. The summed E-state index contributed by atoms with van der Waals surface area (Å²) in [6, 6.07) is 10.6. The number of hydrogen-bond donors (Lipinski definition) is 0. The summed E-state index contributed by atoms with van der Waals surface area (Å²) >= 11 is 1.88. The van der Waals surface area contributed by atoms with E-state index in [0.29, 0.717) is 24.2 Å². The highest BCUT2D eigenvalue weighted by molar-refractivity contribution is 8.03. The zero-order chi connectivity index (χ0) is 22.9. The van der Waals surface area contributed by atoms with Crippen LogP contribution in [0.15, 0.2) is 57.5 Å².